The highest BCUT2D eigenvalue weighted by atomic mass is 32.1. The third-order valence-electron chi connectivity index (χ3n) is 3.43. The van der Waals surface area contributed by atoms with Crippen molar-refractivity contribution >= 4 is 23.3 Å². The maximum absolute atomic E-state index is 12.4. The first-order valence-corrected chi connectivity index (χ1v) is 8.40. The summed E-state index contributed by atoms with van der Waals surface area (Å²) < 4.78 is 10.3. The molecule has 0 atom stereocenters. The van der Waals surface area contributed by atoms with Crippen LogP contribution in [0, 0.1) is 5.41 Å². The fourth-order valence-corrected chi connectivity index (χ4v) is 3.08. The molecule has 1 aromatic heterocycles. The van der Waals surface area contributed by atoms with Gasteiger partial charge < -0.3 is 9.47 Å². The third-order valence-corrected chi connectivity index (χ3v) is 4.16. The van der Waals surface area contributed by atoms with Crippen molar-refractivity contribution in [1.82, 2.24) is 0 Å². The maximum atomic E-state index is 12.4. The topological polar surface area (TPSA) is 52.6 Å². The molecular formula is C16H24O4S. The van der Waals surface area contributed by atoms with E-state index in [9.17, 15) is 9.59 Å². The molecule has 1 rings (SSSR count). The second-order valence-corrected chi connectivity index (χ2v) is 5.68. The molecule has 0 fully saturated rings. The molecule has 118 valence electrons. The van der Waals surface area contributed by atoms with E-state index in [4.69, 9.17) is 9.47 Å². The van der Waals surface area contributed by atoms with E-state index in [0.717, 1.165) is 12.0 Å². The first-order valence-electron chi connectivity index (χ1n) is 7.46. The van der Waals surface area contributed by atoms with Crippen LogP contribution in [0.2, 0.25) is 0 Å². The van der Waals surface area contributed by atoms with Crippen molar-refractivity contribution in [3.63, 3.8) is 0 Å². The Labute approximate surface area is 130 Å². The normalized spacial score (nSPS) is 11.2. The Morgan fingerprint density at radius 3 is 2.14 bits per heavy atom. The van der Waals surface area contributed by atoms with Gasteiger partial charge in [0.1, 0.15) is 0 Å². The van der Waals surface area contributed by atoms with Gasteiger partial charge in [0.05, 0.1) is 13.2 Å². The molecule has 1 heterocycles. The molecule has 0 N–H and O–H groups in total. The number of ether oxygens (including phenoxy) is 2. The van der Waals surface area contributed by atoms with E-state index in [1.54, 1.807) is 25.2 Å². The number of rotatable bonds is 9. The van der Waals surface area contributed by atoms with Gasteiger partial charge in [0.2, 0.25) is 0 Å². The average molecular weight is 312 g/mol. The molecule has 0 aliphatic carbocycles. The van der Waals surface area contributed by atoms with Gasteiger partial charge in [0, 0.05) is 0 Å². The van der Waals surface area contributed by atoms with Crippen molar-refractivity contribution in [2.75, 3.05) is 13.2 Å². The van der Waals surface area contributed by atoms with E-state index < -0.39 is 17.4 Å². The molecule has 5 heteroatoms. The summed E-state index contributed by atoms with van der Waals surface area (Å²) in [5, 5.41) is 4.03. The minimum Gasteiger partial charge on any atom is -0.465 e. The summed E-state index contributed by atoms with van der Waals surface area (Å²) in [4.78, 5) is 24.8. The summed E-state index contributed by atoms with van der Waals surface area (Å²) in [6.07, 6.45) is 2.27. The van der Waals surface area contributed by atoms with Gasteiger partial charge in [0.25, 0.3) is 0 Å². The van der Waals surface area contributed by atoms with E-state index in [1.807, 2.05) is 23.8 Å². The van der Waals surface area contributed by atoms with Crippen molar-refractivity contribution in [1.29, 1.82) is 0 Å². The van der Waals surface area contributed by atoms with E-state index in [0.29, 0.717) is 19.3 Å². The van der Waals surface area contributed by atoms with Crippen LogP contribution < -0.4 is 0 Å². The molecule has 0 saturated carbocycles. The molecule has 0 bridgehead atoms. The predicted molar refractivity (Wildman–Crippen MR) is 83.2 cm³/mol. The second-order valence-electron chi connectivity index (χ2n) is 4.90. The Morgan fingerprint density at radius 1 is 1.10 bits per heavy atom. The Morgan fingerprint density at radius 2 is 1.71 bits per heavy atom. The zero-order chi connectivity index (χ0) is 15.7. The van der Waals surface area contributed by atoms with Crippen molar-refractivity contribution in [3.8, 4) is 0 Å². The molecule has 0 aromatic carbocycles. The Bertz CT molecular complexity index is 421. The maximum Gasteiger partial charge on any atom is 0.323 e. The number of carbonyl (C=O) groups is 2. The van der Waals surface area contributed by atoms with Crippen molar-refractivity contribution in [2.45, 2.75) is 46.5 Å². The Hall–Kier alpha value is -1.36. The first kappa shape index (κ1) is 17.7. The SMILES string of the molecule is CCCC(CCc1ccsc1)(C(=O)OCC)C(=O)OCC. The summed E-state index contributed by atoms with van der Waals surface area (Å²) in [6.45, 7) is 5.99. The molecule has 0 unspecified atom stereocenters. The van der Waals surface area contributed by atoms with Crippen LogP contribution in [0.25, 0.3) is 0 Å². The number of esters is 2. The standard InChI is InChI=1S/C16H24O4S/c1-4-9-16(14(17)19-5-2,15(18)20-6-3)10-7-13-8-11-21-12-13/h8,11-12H,4-7,9-10H2,1-3H3. The minimum absolute atomic E-state index is 0.266. The minimum atomic E-state index is -1.18. The Balaban J connectivity index is 2.97. The van der Waals surface area contributed by atoms with E-state index in [1.165, 1.54) is 0 Å². The molecule has 0 radical (unpaired) electrons. The molecule has 0 amide bonds. The van der Waals surface area contributed by atoms with Gasteiger partial charge >= 0.3 is 11.9 Å². The Kier molecular flexibility index (Phi) is 7.43. The molecule has 0 aliphatic heterocycles. The summed E-state index contributed by atoms with van der Waals surface area (Å²) in [6, 6.07) is 2.01. The fraction of sp³-hybridized carbons (Fsp3) is 0.625. The lowest BCUT2D eigenvalue weighted by atomic mass is 9.78. The lowest BCUT2D eigenvalue weighted by Crippen LogP contribution is -2.42. The molecule has 21 heavy (non-hydrogen) atoms. The highest BCUT2D eigenvalue weighted by Gasteiger charge is 2.47. The third kappa shape index (κ3) is 4.56. The number of hydrogen-bond acceptors (Lipinski definition) is 5. The summed E-state index contributed by atoms with van der Waals surface area (Å²) >= 11 is 1.61. The van der Waals surface area contributed by atoms with Gasteiger partial charge in [-0.25, -0.2) is 0 Å². The van der Waals surface area contributed by atoms with E-state index in [2.05, 4.69) is 0 Å². The van der Waals surface area contributed by atoms with Crippen molar-refractivity contribution < 1.29 is 19.1 Å². The summed E-state index contributed by atoms with van der Waals surface area (Å²) in [5.41, 5.74) is -0.0445. The van der Waals surface area contributed by atoms with Gasteiger partial charge in [-0.3, -0.25) is 9.59 Å². The molecule has 1 aromatic rings. The fourth-order valence-electron chi connectivity index (χ4n) is 2.37. The van der Waals surface area contributed by atoms with Gasteiger partial charge in [-0.1, -0.05) is 13.3 Å². The van der Waals surface area contributed by atoms with Crippen LogP contribution in [-0.2, 0) is 25.5 Å². The van der Waals surface area contributed by atoms with E-state index >= 15 is 0 Å². The number of thiophene rings is 1. The highest BCUT2D eigenvalue weighted by molar-refractivity contribution is 7.07. The lowest BCUT2D eigenvalue weighted by Gasteiger charge is -2.28. The van der Waals surface area contributed by atoms with Gasteiger partial charge in [-0.2, -0.15) is 11.3 Å². The molecular weight excluding hydrogens is 288 g/mol. The second kappa shape index (κ2) is 8.82. The zero-order valence-electron chi connectivity index (χ0n) is 13.0. The van der Waals surface area contributed by atoms with Crippen LogP contribution in [-0.4, -0.2) is 25.2 Å². The highest BCUT2D eigenvalue weighted by Crippen LogP contribution is 2.34. The van der Waals surface area contributed by atoms with Crippen LogP contribution in [0.5, 0.6) is 0 Å². The predicted octanol–water partition coefficient (Wildman–Crippen LogP) is 3.59. The number of hydrogen-bond donors (Lipinski definition) is 0. The molecule has 4 nitrogen and oxygen atoms in total. The molecule has 0 aliphatic rings. The number of carbonyl (C=O) groups excluding carboxylic acids is 2. The lowest BCUT2D eigenvalue weighted by molar-refractivity contribution is -0.173. The zero-order valence-corrected chi connectivity index (χ0v) is 13.8. The van der Waals surface area contributed by atoms with Gasteiger partial charge in [-0.15, -0.1) is 0 Å². The van der Waals surface area contributed by atoms with E-state index in [-0.39, 0.29) is 13.2 Å². The average Bonchev–Trinajstić information content (AvgIpc) is 2.97. The monoisotopic (exact) mass is 312 g/mol. The quantitative estimate of drug-likeness (QED) is 0.516. The number of aryl methyl sites for hydroxylation is 1. The van der Waals surface area contributed by atoms with Crippen LogP contribution in [0.15, 0.2) is 16.8 Å². The van der Waals surface area contributed by atoms with Crippen molar-refractivity contribution in [2.24, 2.45) is 5.41 Å². The van der Waals surface area contributed by atoms with Gasteiger partial charge in [-0.05, 0) is 55.5 Å². The van der Waals surface area contributed by atoms with Crippen molar-refractivity contribution in [3.05, 3.63) is 22.4 Å². The van der Waals surface area contributed by atoms with Crippen LogP contribution in [0.3, 0.4) is 0 Å². The van der Waals surface area contributed by atoms with Crippen LogP contribution in [0.4, 0.5) is 0 Å². The van der Waals surface area contributed by atoms with Crippen LogP contribution >= 0.6 is 11.3 Å². The van der Waals surface area contributed by atoms with Gasteiger partial charge in [0.15, 0.2) is 5.41 Å². The smallest absolute Gasteiger partial charge is 0.323 e. The summed E-state index contributed by atoms with van der Waals surface area (Å²) in [7, 11) is 0. The summed E-state index contributed by atoms with van der Waals surface area (Å²) in [5.74, 6) is -0.916. The molecule has 0 spiro atoms. The molecule has 0 saturated heterocycles. The van der Waals surface area contributed by atoms with Crippen LogP contribution in [0.1, 0.15) is 45.6 Å². The largest absolute Gasteiger partial charge is 0.465 e. The first-order chi connectivity index (χ1) is 10.1.